The van der Waals surface area contributed by atoms with Crippen molar-refractivity contribution in [3.05, 3.63) is 12.7 Å². The number of aliphatic hydroxyl groups is 1. The Balaban J connectivity index is 1.47. The molecule has 0 radical (unpaired) electrons. The first-order valence-corrected chi connectivity index (χ1v) is 14.2. The van der Waals surface area contributed by atoms with E-state index in [0.717, 1.165) is 58.2 Å². The lowest BCUT2D eigenvalue weighted by molar-refractivity contribution is -0.207. The fourth-order valence-electron chi connectivity index (χ4n) is 9.27. The van der Waals surface area contributed by atoms with Crippen molar-refractivity contribution in [1.82, 2.24) is 4.90 Å². The molecule has 3 heterocycles. The molecule has 0 aromatic rings. The van der Waals surface area contributed by atoms with E-state index >= 15 is 0 Å². The highest BCUT2D eigenvalue weighted by molar-refractivity contribution is 5.99. The van der Waals surface area contributed by atoms with E-state index in [4.69, 9.17) is 4.74 Å². The van der Waals surface area contributed by atoms with Crippen molar-refractivity contribution in [3.8, 4) is 0 Å². The van der Waals surface area contributed by atoms with Gasteiger partial charge in [-0.05, 0) is 81.8 Å². The van der Waals surface area contributed by atoms with Crippen LogP contribution in [0.1, 0.15) is 85.5 Å². The number of rotatable bonds is 5. The second-order valence-corrected chi connectivity index (χ2v) is 13.5. The summed E-state index contributed by atoms with van der Waals surface area (Å²) in [6.07, 6.45) is 6.41. The zero-order chi connectivity index (χ0) is 26.1. The molecule has 0 aromatic heterocycles. The highest BCUT2D eigenvalue weighted by atomic mass is 16.5. The van der Waals surface area contributed by atoms with Gasteiger partial charge in [0.05, 0.1) is 6.10 Å². The summed E-state index contributed by atoms with van der Waals surface area (Å²) in [5, 5.41) is 11.6. The lowest BCUT2D eigenvalue weighted by Gasteiger charge is -2.61. The predicted molar refractivity (Wildman–Crippen MR) is 137 cm³/mol. The molecule has 0 spiro atoms. The molecule has 6 fully saturated rings. The van der Waals surface area contributed by atoms with Crippen LogP contribution >= 0.6 is 0 Å². The average Bonchev–Trinajstić information content (AvgIpc) is 3.23. The van der Waals surface area contributed by atoms with Crippen molar-refractivity contribution >= 4 is 17.5 Å². The number of ether oxygens (including phenoxy) is 1. The van der Waals surface area contributed by atoms with Crippen molar-refractivity contribution < 1.29 is 24.2 Å². The minimum absolute atomic E-state index is 0.0194. The van der Waals surface area contributed by atoms with Gasteiger partial charge in [-0.3, -0.25) is 14.4 Å². The molecule has 3 saturated heterocycles. The van der Waals surface area contributed by atoms with Gasteiger partial charge < -0.3 is 14.7 Å². The molecule has 6 heteroatoms. The van der Waals surface area contributed by atoms with Crippen molar-refractivity contribution in [2.75, 3.05) is 19.6 Å². The summed E-state index contributed by atoms with van der Waals surface area (Å²) in [7, 11) is 0. The van der Waals surface area contributed by atoms with Gasteiger partial charge in [0.15, 0.2) is 0 Å². The van der Waals surface area contributed by atoms with Crippen LogP contribution in [0.15, 0.2) is 12.7 Å². The number of aliphatic hydroxyl groups excluding tert-OH is 1. The Labute approximate surface area is 216 Å². The molecule has 0 amide bonds. The Kier molecular flexibility index (Phi) is 6.35. The maximum absolute atomic E-state index is 13.5. The Morgan fingerprint density at radius 1 is 1.11 bits per heavy atom. The molecule has 6 nitrogen and oxygen atoms in total. The summed E-state index contributed by atoms with van der Waals surface area (Å²) in [6, 6.07) is 0. The van der Waals surface area contributed by atoms with E-state index in [2.05, 4.69) is 32.3 Å². The zero-order valence-corrected chi connectivity index (χ0v) is 22.7. The van der Waals surface area contributed by atoms with Crippen LogP contribution in [-0.4, -0.2) is 59.4 Å². The van der Waals surface area contributed by atoms with Gasteiger partial charge in [-0.1, -0.05) is 33.8 Å². The molecule has 6 aliphatic rings. The Morgan fingerprint density at radius 3 is 2.36 bits per heavy atom. The van der Waals surface area contributed by atoms with Crippen LogP contribution in [-0.2, 0) is 19.1 Å². The number of nitrogens with zero attached hydrogens (tertiary/aromatic N) is 1. The number of fused-ring (bicyclic) bond motifs is 3. The fourth-order valence-corrected chi connectivity index (χ4v) is 9.27. The standard InChI is InChI=1S/C30H45NO5/c1-6-27(4)18-23(36-24(34)17-22(33)29-11-14-31(15-12-29)16-13-29)28(5)19(2)7-9-30(20(3)26(27)35)10-8-21(32)25(28)30/h6,19-20,23,25-26,35H,1,7-18H2,2-5H3/t19?,20-,23+,25?,26-,27-,28-,30-/m0/s1. The molecule has 2 unspecified atom stereocenters. The first-order valence-electron chi connectivity index (χ1n) is 14.2. The Morgan fingerprint density at radius 2 is 1.75 bits per heavy atom. The average molecular weight is 500 g/mol. The molecule has 0 aromatic carbocycles. The second kappa shape index (κ2) is 8.76. The number of carbonyl (C=O) groups excluding carboxylic acids is 3. The van der Waals surface area contributed by atoms with Crippen LogP contribution in [0.5, 0.6) is 0 Å². The van der Waals surface area contributed by atoms with Crippen LogP contribution in [0.4, 0.5) is 0 Å². The van der Waals surface area contributed by atoms with Crippen LogP contribution in [0.25, 0.3) is 0 Å². The molecule has 3 saturated carbocycles. The van der Waals surface area contributed by atoms with Crippen LogP contribution in [0.3, 0.4) is 0 Å². The van der Waals surface area contributed by atoms with Crippen LogP contribution in [0.2, 0.25) is 0 Å². The molecule has 3 aliphatic heterocycles. The van der Waals surface area contributed by atoms with E-state index in [9.17, 15) is 19.5 Å². The van der Waals surface area contributed by atoms with Crippen molar-refractivity contribution in [1.29, 1.82) is 0 Å². The maximum atomic E-state index is 13.5. The molecule has 200 valence electrons. The van der Waals surface area contributed by atoms with Gasteiger partial charge in [-0.15, -0.1) is 6.58 Å². The number of hydrogen-bond acceptors (Lipinski definition) is 6. The number of hydrogen-bond donors (Lipinski definition) is 1. The summed E-state index contributed by atoms with van der Waals surface area (Å²) in [6.45, 7) is 15.3. The molecular weight excluding hydrogens is 454 g/mol. The lowest BCUT2D eigenvalue weighted by atomic mass is 9.44. The first kappa shape index (κ1) is 26.1. The highest BCUT2D eigenvalue weighted by Crippen LogP contribution is 2.68. The van der Waals surface area contributed by atoms with Crippen molar-refractivity contribution in [2.45, 2.75) is 97.7 Å². The molecule has 4 bridgehead atoms. The van der Waals surface area contributed by atoms with Gasteiger partial charge >= 0.3 is 5.97 Å². The third-order valence-electron chi connectivity index (χ3n) is 12.2. The van der Waals surface area contributed by atoms with Crippen molar-refractivity contribution in [3.63, 3.8) is 0 Å². The normalized spacial score (nSPS) is 50.1. The quantitative estimate of drug-likeness (QED) is 0.344. The summed E-state index contributed by atoms with van der Waals surface area (Å²) in [5.74, 6) is -0.331. The largest absolute Gasteiger partial charge is 0.461 e. The number of ketones is 2. The predicted octanol–water partition coefficient (Wildman–Crippen LogP) is 4.34. The minimum Gasteiger partial charge on any atom is -0.461 e. The number of esters is 1. The topological polar surface area (TPSA) is 83.9 Å². The summed E-state index contributed by atoms with van der Waals surface area (Å²) in [5.41, 5.74) is -1.88. The second-order valence-electron chi connectivity index (χ2n) is 13.5. The molecule has 8 atom stereocenters. The third-order valence-corrected chi connectivity index (χ3v) is 12.2. The molecule has 1 N–H and O–H groups in total. The van der Waals surface area contributed by atoms with E-state index in [0.29, 0.717) is 12.8 Å². The SMILES string of the molecule is C=C[C@@]1(C)C[C@@H](OC(=O)CC(=O)C23CCN(CC2)CC3)[C@]2(C)C(C)CC[C@]3(CCC(=O)C32)[C@@H](C)[C@@H]1O. The first-order chi connectivity index (χ1) is 16.9. The van der Waals surface area contributed by atoms with Crippen LogP contribution < -0.4 is 0 Å². The summed E-state index contributed by atoms with van der Waals surface area (Å²) in [4.78, 5) is 42.7. The molecule has 36 heavy (non-hydrogen) atoms. The summed E-state index contributed by atoms with van der Waals surface area (Å²) < 4.78 is 6.30. The number of piperidine rings is 3. The van der Waals surface area contributed by atoms with E-state index in [1.807, 2.05) is 13.0 Å². The Bertz CT molecular complexity index is 939. The maximum Gasteiger partial charge on any atom is 0.313 e. The van der Waals surface area contributed by atoms with E-state index < -0.39 is 29.0 Å². The van der Waals surface area contributed by atoms with Gasteiger partial charge in [0.1, 0.15) is 24.1 Å². The van der Waals surface area contributed by atoms with E-state index in [1.54, 1.807) is 0 Å². The molecule has 3 aliphatic carbocycles. The van der Waals surface area contributed by atoms with Gasteiger partial charge in [0.25, 0.3) is 0 Å². The monoisotopic (exact) mass is 499 g/mol. The van der Waals surface area contributed by atoms with Gasteiger partial charge in [0, 0.05) is 28.6 Å². The number of carbonyl (C=O) groups is 3. The fraction of sp³-hybridized carbons (Fsp3) is 0.833. The minimum atomic E-state index is -0.685. The van der Waals surface area contributed by atoms with Gasteiger partial charge in [0.2, 0.25) is 0 Å². The molecular formula is C30H45NO5. The zero-order valence-electron chi connectivity index (χ0n) is 22.7. The van der Waals surface area contributed by atoms with E-state index in [1.165, 1.54) is 0 Å². The van der Waals surface area contributed by atoms with Crippen molar-refractivity contribution in [2.24, 2.45) is 39.4 Å². The van der Waals surface area contributed by atoms with Crippen LogP contribution in [0, 0.1) is 39.4 Å². The van der Waals surface area contributed by atoms with Gasteiger partial charge in [-0.2, -0.15) is 0 Å². The third kappa shape index (κ3) is 3.60. The smallest absolute Gasteiger partial charge is 0.313 e. The van der Waals surface area contributed by atoms with E-state index in [-0.39, 0.29) is 46.6 Å². The van der Waals surface area contributed by atoms with Gasteiger partial charge in [-0.25, -0.2) is 0 Å². The summed E-state index contributed by atoms with van der Waals surface area (Å²) >= 11 is 0. The number of Topliss-reactive ketones (excluding diaryl/α,β-unsaturated/α-hetero) is 2. The lowest BCUT2D eigenvalue weighted by Crippen LogP contribution is -2.63. The molecule has 6 rings (SSSR count). The Hall–Kier alpha value is -1.53. The highest BCUT2D eigenvalue weighted by Gasteiger charge is 2.68.